The van der Waals surface area contributed by atoms with Crippen molar-refractivity contribution in [3.8, 4) is 11.8 Å². The predicted octanol–water partition coefficient (Wildman–Crippen LogP) is 1.94. The van der Waals surface area contributed by atoms with Gasteiger partial charge in [-0.3, -0.25) is 4.79 Å². The summed E-state index contributed by atoms with van der Waals surface area (Å²) in [5, 5.41) is 22.5. The lowest BCUT2D eigenvalue weighted by atomic mass is 10.2. The van der Waals surface area contributed by atoms with Gasteiger partial charge in [0.2, 0.25) is 0 Å². The molecule has 3 N–H and O–H groups in total. The molecule has 0 aliphatic carbocycles. The van der Waals surface area contributed by atoms with Crippen LogP contribution in [0.4, 0.5) is 10.5 Å². The first-order chi connectivity index (χ1) is 9.92. The van der Waals surface area contributed by atoms with Crippen LogP contribution in [0.15, 0.2) is 18.2 Å². The molecule has 0 bridgehead atoms. The summed E-state index contributed by atoms with van der Waals surface area (Å²) in [5.41, 5.74) is 0.738. The van der Waals surface area contributed by atoms with E-state index in [-0.39, 0.29) is 19.1 Å². The standard InChI is InChI=1S/C14H17N3O4/c1-9(2)21-12-4-3-11(7-10(12)8-15)17-14(20)16-6-5-13(18)19/h3-4,7,9H,5-6H2,1-2H3,(H,18,19)(H2,16,17,20). The van der Waals surface area contributed by atoms with E-state index in [0.29, 0.717) is 17.0 Å². The number of nitrogens with zero attached hydrogens (tertiary/aromatic N) is 1. The molecule has 0 heterocycles. The molecule has 7 nitrogen and oxygen atoms in total. The van der Waals surface area contributed by atoms with Crippen LogP contribution in [0.5, 0.6) is 5.75 Å². The number of carbonyl (C=O) groups excluding carboxylic acids is 1. The van der Waals surface area contributed by atoms with Crippen LogP contribution in [0.3, 0.4) is 0 Å². The van der Waals surface area contributed by atoms with Crippen molar-refractivity contribution in [3.63, 3.8) is 0 Å². The number of rotatable bonds is 6. The summed E-state index contributed by atoms with van der Waals surface area (Å²) >= 11 is 0. The Labute approximate surface area is 122 Å². The number of amides is 2. The van der Waals surface area contributed by atoms with Crippen molar-refractivity contribution in [2.75, 3.05) is 11.9 Å². The van der Waals surface area contributed by atoms with Gasteiger partial charge in [-0.1, -0.05) is 0 Å². The van der Waals surface area contributed by atoms with E-state index < -0.39 is 12.0 Å². The van der Waals surface area contributed by atoms with Gasteiger partial charge in [0, 0.05) is 12.2 Å². The van der Waals surface area contributed by atoms with E-state index in [9.17, 15) is 9.59 Å². The van der Waals surface area contributed by atoms with E-state index in [1.54, 1.807) is 12.1 Å². The number of anilines is 1. The number of hydrogen-bond donors (Lipinski definition) is 3. The fourth-order valence-corrected chi connectivity index (χ4v) is 1.51. The van der Waals surface area contributed by atoms with Crippen molar-refractivity contribution in [1.29, 1.82) is 5.26 Å². The Balaban J connectivity index is 2.66. The summed E-state index contributed by atoms with van der Waals surface area (Å²) in [4.78, 5) is 21.9. The maximum atomic E-state index is 11.5. The molecule has 1 aromatic carbocycles. The number of carboxylic acid groups (broad SMARTS) is 1. The van der Waals surface area contributed by atoms with Crippen molar-refractivity contribution in [2.24, 2.45) is 0 Å². The molecule has 0 saturated carbocycles. The number of carbonyl (C=O) groups is 2. The molecule has 0 unspecified atom stereocenters. The monoisotopic (exact) mass is 291 g/mol. The molecule has 0 aliphatic heterocycles. The predicted molar refractivity (Wildman–Crippen MR) is 76.2 cm³/mol. The first kappa shape index (κ1) is 16.3. The smallest absolute Gasteiger partial charge is 0.319 e. The first-order valence-electron chi connectivity index (χ1n) is 6.40. The highest BCUT2D eigenvalue weighted by Gasteiger charge is 2.08. The molecule has 0 spiro atoms. The highest BCUT2D eigenvalue weighted by Crippen LogP contribution is 2.23. The summed E-state index contributed by atoms with van der Waals surface area (Å²) in [5.74, 6) is -0.540. The third kappa shape index (κ3) is 5.82. The van der Waals surface area contributed by atoms with Gasteiger partial charge in [-0.2, -0.15) is 5.26 Å². The molecule has 0 radical (unpaired) electrons. The third-order valence-corrected chi connectivity index (χ3v) is 2.34. The average molecular weight is 291 g/mol. The lowest BCUT2D eigenvalue weighted by molar-refractivity contribution is -0.136. The number of aliphatic carboxylic acids is 1. The van der Waals surface area contributed by atoms with Crippen LogP contribution >= 0.6 is 0 Å². The second-order valence-corrected chi connectivity index (χ2v) is 4.51. The molecule has 21 heavy (non-hydrogen) atoms. The van der Waals surface area contributed by atoms with Gasteiger partial charge in [-0.25, -0.2) is 4.79 Å². The second kappa shape index (κ2) is 7.75. The van der Waals surface area contributed by atoms with Crippen LogP contribution in [-0.2, 0) is 4.79 Å². The molecule has 1 rings (SSSR count). The number of carboxylic acids is 1. The molecule has 0 fully saturated rings. The minimum absolute atomic E-state index is 0.0286. The van der Waals surface area contributed by atoms with Crippen molar-refractivity contribution in [2.45, 2.75) is 26.4 Å². The van der Waals surface area contributed by atoms with Gasteiger partial charge in [0.15, 0.2) is 0 Å². The zero-order valence-electron chi connectivity index (χ0n) is 11.8. The topological polar surface area (TPSA) is 111 Å². The maximum absolute atomic E-state index is 11.5. The number of benzene rings is 1. The summed E-state index contributed by atoms with van der Waals surface area (Å²) in [6.07, 6.45) is -0.215. The Bertz CT molecular complexity index is 564. The Morgan fingerprint density at radius 1 is 1.43 bits per heavy atom. The van der Waals surface area contributed by atoms with Gasteiger partial charge in [0.1, 0.15) is 11.8 Å². The fraction of sp³-hybridized carbons (Fsp3) is 0.357. The van der Waals surface area contributed by atoms with Gasteiger partial charge in [-0.05, 0) is 32.0 Å². The second-order valence-electron chi connectivity index (χ2n) is 4.51. The number of nitriles is 1. The molecule has 0 atom stereocenters. The largest absolute Gasteiger partial charge is 0.490 e. The zero-order chi connectivity index (χ0) is 15.8. The average Bonchev–Trinajstić information content (AvgIpc) is 2.39. The Morgan fingerprint density at radius 3 is 2.71 bits per heavy atom. The lowest BCUT2D eigenvalue weighted by Crippen LogP contribution is -2.30. The van der Waals surface area contributed by atoms with Gasteiger partial charge < -0.3 is 20.5 Å². The van der Waals surface area contributed by atoms with Crippen LogP contribution in [0.25, 0.3) is 0 Å². The van der Waals surface area contributed by atoms with Crippen molar-refractivity contribution < 1.29 is 19.4 Å². The number of hydrogen-bond acceptors (Lipinski definition) is 4. The summed E-state index contributed by atoms with van der Waals surface area (Å²) in [7, 11) is 0. The van der Waals surface area contributed by atoms with Crippen molar-refractivity contribution >= 4 is 17.7 Å². The van der Waals surface area contributed by atoms with Gasteiger partial charge in [0.25, 0.3) is 0 Å². The molecule has 2 amide bonds. The van der Waals surface area contributed by atoms with Crippen molar-refractivity contribution in [1.82, 2.24) is 5.32 Å². The summed E-state index contributed by atoms with van der Waals surface area (Å²) in [6.45, 7) is 3.73. The third-order valence-electron chi connectivity index (χ3n) is 2.34. The SMILES string of the molecule is CC(C)Oc1ccc(NC(=O)NCCC(=O)O)cc1C#N. The highest BCUT2D eigenvalue weighted by atomic mass is 16.5. The molecule has 0 aliphatic rings. The normalized spacial score (nSPS) is 9.81. The minimum Gasteiger partial charge on any atom is -0.490 e. The van der Waals surface area contributed by atoms with Gasteiger partial charge >= 0.3 is 12.0 Å². The molecular weight excluding hydrogens is 274 g/mol. The molecule has 1 aromatic rings. The van der Waals surface area contributed by atoms with Crippen LogP contribution < -0.4 is 15.4 Å². The van der Waals surface area contributed by atoms with Crippen molar-refractivity contribution in [3.05, 3.63) is 23.8 Å². The van der Waals surface area contributed by atoms with Gasteiger partial charge in [-0.15, -0.1) is 0 Å². The number of urea groups is 1. The van der Waals surface area contributed by atoms with Gasteiger partial charge in [0.05, 0.1) is 18.1 Å². The first-order valence-corrected chi connectivity index (χ1v) is 6.40. The van der Waals surface area contributed by atoms with E-state index in [1.165, 1.54) is 6.07 Å². The zero-order valence-corrected chi connectivity index (χ0v) is 11.8. The van der Waals surface area contributed by atoms with Crippen LogP contribution in [0.2, 0.25) is 0 Å². The molecule has 0 aromatic heterocycles. The Morgan fingerprint density at radius 2 is 2.14 bits per heavy atom. The molecule has 7 heteroatoms. The Kier molecular flexibility index (Phi) is 6.01. The molecule has 112 valence electrons. The van der Waals surface area contributed by atoms with E-state index in [1.807, 2.05) is 19.9 Å². The molecule has 0 saturated heterocycles. The van der Waals surface area contributed by atoms with E-state index in [0.717, 1.165) is 0 Å². The number of ether oxygens (including phenoxy) is 1. The fourth-order valence-electron chi connectivity index (χ4n) is 1.51. The van der Waals surface area contributed by atoms with Crippen LogP contribution in [0.1, 0.15) is 25.8 Å². The van der Waals surface area contributed by atoms with Crippen LogP contribution in [-0.4, -0.2) is 29.8 Å². The quantitative estimate of drug-likeness (QED) is 0.741. The van der Waals surface area contributed by atoms with Crippen LogP contribution in [0, 0.1) is 11.3 Å². The summed E-state index contributed by atoms with van der Waals surface area (Å²) < 4.78 is 5.47. The number of nitrogens with one attached hydrogen (secondary N) is 2. The lowest BCUT2D eigenvalue weighted by Gasteiger charge is -2.12. The van der Waals surface area contributed by atoms with E-state index in [2.05, 4.69) is 10.6 Å². The highest BCUT2D eigenvalue weighted by molar-refractivity contribution is 5.89. The summed E-state index contributed by atoms with van der Waals surface area (Å²) in [6, 6.07) is 6.17. The maximum Gasteiger partial charge on any atom is 0.319 e. The minimum atomic E-state index is -0.989. The van der Waals surface area contributed by atoms with E-state index >= 15 is 0 Å². The van der Waals surface area contributed by atoms with E-state index in [4.69, 9.17) is 15.1 Å². The molecular formula is C14H17N3O4. The Hall–Kier alpha value is -2.75.